The van der Waals surface area contributed by atoms with Gasteiger partial charge in [-0.05, 0) is 49.8 Å². The molecule has 1 fully saturated rings. The molecule has 6 nitrogen and oxygen atoms in total. The lowest BCUT2D eigenvalue weighted by atomic mass is 9.97. The number of nitrogens with two attached hydrogens (primary N) is 1. The molecule has 0 aromatic heterocycles. The van der Waals surface area contributed by atoms with Gasteiger partial charge < -0.3 is 16.4 Å². The van der Waals surface area contributed by atoms with Crippen molar-refractivity contribution in [3.63, 3.8) is 0 Å². The van der Waals surface area contributed by atoms with E-state index in [9.17, 15) is 4.79 Å². The number of likely N-dealkylation sites (tertiary alicyclic amines) is 1. The van der Waals surface area contributed by atoms with Crippen LogP contribution in [-0.4, -0.2) is 42.9 Å². The molecule has 0 radical (unpaired) electrons. The van der Waals surface area contributed by atoms with Gasteiger partial charge in [0.1, 0.15) is 0 Å². The Labute approximate surface area is 193 Å². The summed E-state index contributed by atoms with van der Waals surface area (Å²) in [6, 6.07) is 8.57. The number of nitrogens with zero attached hydrogens (tertiary/aromatic N) is 2. The molecule has 7 heteroatoms. The zero-order valence-electron chi connectivity index (χ0n) is 18.1. The van der Waals surface area contributed by atoms with Gasteiger partial charge in [-0.15, -0.1) is 24.0 Å². The van der Waals surface area contributed by atoms with Crippen molar-refractivity contribution in [1.29, 1.82) is 0 Å². The van der Waals surface area contributed by atoms with E-state index in [4.69, 9.17) is 10.7 Å². The standard InChI is InChI=1S/C22H37N5O.HI/c1-4-24-22(25-11-10-17(2)3)26-14-18-7-5-8-19(13-18)15-27-12-6-9-20(16-27)21(23)28;/h5,7-8,13,17,20H,4,6,9-12,14-16H2,1-3H3,(H2,23,28)(H2,24,25,26);1H. The summed E-state index contributed by atoms with van der Waals surface area (Å²) >= 11 is 0. The predicted octanol–water partition coefficient (Wildman–Crippen LogP) is 3.10. The van der Waals surface area contributed by atoms with Crippen molar-refractivity contribution in [1.82, 2.24) is 15.5 Å². The number of guanidine groups is 1. The molecular weight excluding hydrogens is 477 g/mol. The predicted molar refractivity (Wildman–Crippen MR) is 131 cm³/mol. The number of carbonyl (C=O) groups excluding carboxylic acids is 1. The molecule has 29 heavy (non-hydrogen) atoms. The molecule has 1 amide bonds. The van der Waals surface area contributed by atoms with Crippen LogP contribution in [0.1, 0.15) is 51.2 Å². The van der Waals surface area contributed by atoms with Crippen LogP contribution in [0.3, 0.4) is 0 Å². The molecule has 164 valence electrons. The summed E-state index contributed by atoms with van der Waals surface area (Å²) in [6.07, 6.45) is 3.07. The first-order chi connectivity index (χ1) is 13.5. The Morgan fingerprint density at radius 2 is 2.07 bits per heavy atom. The fourth-order valence-corrected chi connectivity index (χ4v) is 3.51. The molecule has 4 N–H and O–H groups in total. The van der Waals surface area contributed by atoms with Gasteiger partial charge in [0.2, 0.25) is 5.91 Å². The maximum Gasteiger partial charge on any atom is 0.221 e. The minimum absolute atomic E-state index is 0. The van der Waals surface area contributed by atoms with E-state index in [1.165, 1.54) is 11.1 Å². The zero-order chi connectivity index (χ0) is 20.4. The van der Waals surface area contributed by atoms with Crippen LogP contribution >= 0.6 is 24.0 Å². The summed E-state index contributed by atoms with van der Waals surface area (Å²) in [5.74, 6) is 1.36. The van der Waals surface area contributed by atoms with Gasteiger partial charge in [0.15, 0.2) is 5.96 Å². The number of aliphatic imine (C=N–C) groups is 1. The Hall–Kier alpha value is -1.35. The Balaban J connectivity index is 0.00000420. The molecule has 1 aliphatic rings. The molecule has 0 spiro atoms. The van der Waals surface area contributed by atoms with Crippen LogP contribution in [0.4, 0.5) is 0 Å². The molecule has 1 aromatic rings. The summed E-state index contributed by atoms with van der Waals surface area (Å²) in [5, 5.41) is 6.71. The van der Waals surface area contributed by atoms with Crippen LogP contribution in [0.5, 0.6) is 0 Å². The third kappa shape index (κ3) is 9.80. The minimum Gasteiger partial charge on any atom is -0.369 e. The Kier molecular flexibility index (Phi) is 12.2. The van der Waals surface area contributed by atoms with E-state index in [1.54, 1.807) is 0 Å². The van der Waals surface area contributed by atoms with Crippen LogP contribution in [-0.2, 0) is 17.9 Å². The zero-order valence-corrected chi connectivity index (χ0v) is 20.4. The van der Waals surface area contributed by atoms with Crippen LogP contribution in [0.2, 0.25) is 0 Å². The molecule has 1 aromatic carbocycles. The summed E-state index contributed by atoms with van der Waals surface area (Å²) in [5.41, 5.74) is 7.95. The number of amides is 1. The summed E-state index contributed by atoms with van der Waals surface area (Å²) in [4.78, 5) is 18.5. The van der Waals surface area contributed by atoms with Gasteiger partial charge in [0.25, 0.3) is 0 Å². The largest absolute Gasteiger partial charge is 0.369 e. The number of primary amides is 1. The molecule has 1 unspecified atom stereocenters. The van der Waals surface area contributed by atoms with Crippen molar-refractivity contribution in [3.05, 3.63) is 35.4 Å². The first-order valence-electron chi connectivity index (χ1n) is 10.6. The van der Waals surface area contributed by atoms with Gasteiger partial charge in [-0.1, -0.05) is 38.1 Å². The van der Waals surface area contributed by atoms with Crippen molar-refractivity contribution in [2.75, 3.05) is 26.2 Å². The van der Waals surface area contributed by atoms with Crippen LogP contribution in [0.25, 0.3) is 0 Å². The monoisotopic (exact) mass is 515 g/mol. The van der Waals surface area contributed by atoms with Gasteiger partial charge in [-0.25, -0.2) is 4.99 Å². The highest BCUT2D eigenvalue weighted by molar-refractivity contribution is 14.0. The van der Waals surface area contributed by atoms with Crippen molar-refractivity contribution in [2.24, 2.45) is 22.6 Å². The van der Waals surface area contributed by atoms with E-state index in [1.807, 2.05) is 0 Å². The van der Waals surface area contributed by atoms with Crippen LogP contribution < -0.4 is 16.4 Å². The number of carbonyl (C=O) groups is 1. The molecule has 0 aliphatic carbocycles. The van der Waals surface area contributed by atoms with E-state index in [0.29, 0.717) is 12.5 Å². The van der Waals surface area contributed by atoms with Crippen molar-refractivity contribution in [2.45, 2.75) is 53.1 Å². The summed E-state index contributed by atoms with van der Waals surface area (Å²) in [6.45, 7) is 11.6. The second kappa shape index (κ2) is 13.8. The molecule has 0 saturated carbocycles. The summed E-state index contributed by atoms with van der Waals surface area (Å²) in [7, 11) is 0. The Morgan fingerprint density at radius 3 is 2.76 bits per heavy atom. The third-order valence-corrected chi connectivity index (χ3v) is 5.08. The number of benzene rings is 1. The SMILES string of the molecule is CCNC(=NCc1cccc(CN2CCCC(C(N)=O)C2)c1)NCCC(C)C.I. The lowest BCUT2D eigenvalue weighted by Gasteiger charge is -2.31. The maximum atomic E-state index is 11.5. The van der Waals surface area contributed by atoms with Gasteiger partial charge in [-0.2, -0.15) is 0 Å². The molecule has 2 rings (SSSR count). The second-order valence-electron chi connectivity index (χ2n) is 8.10. The van der Waals surface area contributed by atoms with E-state index in [2.05, 4.69) is 60.6 Å². The fourth-order valence-electron chi connectivity index (χ4n) is 3.51. The first-order valence-corrected chi connectivity index (χ1v) is 10.6. The number of halogens is 1. The van der Waals surface area contributed by atoms with Crippen LogP contribution in [0.15, 0.2) is 29.3 Å². The van der Waals surface area contributed by atoms with Gasteiger partial charge in [-0.3, -0.25) is 9.69 Å². The van der Waals surface area contributed by atoms with Gasteiger partial charge in [0.05, 0.1) is 12.5 Å². The quantitative estimate of drug-likeness (QED) is 0.268. The lowest BCUT2D eigenvalue weighted by molar-refractivity contribution is -0.123. The average Bonchev–Trinajstić information content (AvgIpc) is 2.66. The second-order valence-corrected chi connectivity index (χ2v) is 8.10. The highest BCUT2D eigenvalue weighted by Gasteiger charge is 2.23. The normalized spacial score (nSPS) is 17.7. The fraction of sp³-hybridized carbons (Fsp3) is 0.636. The number of piperidine rings is 1. The van der Waals surface area contributed by atoms with Gasteiger partial charge >= 0.3 is 0 Å². The number of rotatable bonds is 9. The van der Waals surface area contributed by atoms with Crippen LogP contribution in [0, 0.1) is 11.8 Å². The van der Waals surface area contributed by atoms with Crippen molar-refractivity contribution < 1.29 is 4.79 Å². The highest BCUT2D eigenvalue weighted by atomic mass is 127. The topological polar surface area (TPSA) is 82.8 Å². The van der Waals surface area contributed by atoms with Crippen molar-refractivity contribution in [3.8, 4) is 0 Å². The van der Waals surface area contributed by atoms with E-state index in [-0.39, 0.29) is 35.8 Å². The highest BCUT2D eigenvalue weighted by Crippen LogP contribution is 2.19. The minimum atomic E-state index is -0.172. The molecule has 1 aliphatic heterocycles. The summed E-state index contributed by atoms with van der Waals surface area (Å²) < 4.78 is 0. The number of nitrogens with one attached hydrogen (secondary N) is 2. The molecule has 1 heterocycles. The first kappa shape index (κ1) is 25.7. The number of hydrogen-bond acceptors (Lipinski definition) is 3. The Bertz CT molecular complexity index is 650. The van der Waals surface area contributed by atoms with E-state index < -0.39 is 0 Å². The van der Waals surface area contributed by atoms with E-state index in [0.717, 1.165) is 57.9 Å². The third-order valence-electron chi connectivity index (χ3n) is 5.08. The Morgan fingerprint density at radius 1 is 1.31 bits per heavy atom. The molecule has 1 atom stereocenters. The molecular formula is C22H38IN5O. The lowest BCUT2D eigenvalue weighted by Crippen LogP contribution is -2.40. The molecule has 0 bridgehead atoms. The number of hydrogen-bond donors (Lipinski definition) is 3. The maximum absolute atomic E-state index is 11.5. The smallest absolute Gasteiger partial charge is 0.221 e. The average molecular weight is 515 g/mol. The van der Waals surface area contributed by atoms with Crippen molar-refractivity contribution >= 4 is 35.8 Å². The van der Waals surface area contributed by atoms with E-state index >= 15 is 0 Å². The molecule has 1 saturated heterocycles. The van der Waals surface area contributed by atoms with Gasteiger partial charge in [0, 0.05) is 26.2 Å².